The second-order valence-corrected chi connectivity index (χ2v) is 7.10. The van der Waals surface area contributed by atoms with Crippen LogP contribution in [0.25, 0.3) is 16.4 Å². The molecule has 3 heterocycles. The Balaban J connectivity index is 1.78. The molecular weight excluding hydrogens is 350 g/mol. The second kappa shape index (κ2) is 5.43. The number of benzene rings is 1. The molecule has 0 radical (unpaired) electrons. The summed E-state index contributed by atoms with van der Waals surface area (Å²) in [4.78, 5) is 4.24. The van der Waals surface area contributed by atoms with Crippen LogP contribution in [-0.2, 0) is 10.0 Å². The highest BCUT2D eigenvalue weighted by Gasteiger charge is 2.20. The van der Waals surface area contributed by atoms with Gasteiger partial charge in [0.25, 0.3) is 10.0 Å². The maximum atomic E-state index is 12.7. The maximum Gasteiger partial charge on any atom is 0.265 e. The topological polar surface area (TPSA) is 89.2 Å². The van der Waals surface area contributed by atoms with Crippen molar-refractivity contribution in [1.29, 1.82) is 0 Å². The summed E-state index contributed by atoms with van der Waals surface area (Å²) >= 11 is 6.14. The molecule has 0 saturated heterocycles. The standard InChI is InChI=1S/C15H10ClN5O2S/c16-12-5-7-17-13-4-3-10(8-11(12)13)20-24(22,23)15-9-19-21-14(15)2-1-6-18-21/h1-9,20H. The Bertz CT molecular complexity index is 1170. The van der Waals surface area contributed by atoms with Gasteiger partial charge in [-0.15, -0.1) is 0 Å². The van der Waals surface area contributed by atoms with Gasteiger partial charge in [-0.05, 0) is 36.4 Å². The van der Waals surface area contributed by atoms with E-state index in [0.717, 1.165) is 0 Å². The molecule has 0 amide bonds. The van der Waals surface area contributed by atoms with Crippen LogP contribution in [0.15, 0.2) is 59.9 Å². The van der Waals surface area contributed by atoms with Gasteiger partial charge in [0, 0.05) is 23.5 Å². The van der Waals surface area contributed by atoms with Gasteiger partial charge in [-0.2, -0.15) is 14.8 Å². The number of fused-ring (bicyclic) bond motifs is 2. The van der Waals surface area contributed by atoms with Crippen molar-refractivity contribution in [3.05, 3.63) is 60.0 Å². The van der Waals surface area contributed by atoms with E-state index < -0.39 is 10.0 Å². The molecule has 4 rings (SSSR count). The predicted octanol–water partition coefficient (Wildman–Crippen LogP) is 2.73. The molecule has 7 nitrogen and oxygen atoms in total. The van der Waals surface area contributed by atoms with Gasteiger partial charge >= 0.3 is 0 Å². The number of nitrogens with zero attached hydrogens (tertiary/aromatic N) is 4. The van der Waals surface area contributed by atoms with Crippen LogP contribution >= 0.6 is 11.6 Å². The molecule has 0 saturated carbocycles. The molecule has 1 N–H and O–H groups in total. The first-order valence-electron chi connectivity index (χ1n) is 6.91. The van der Waals surface area contributed by atoms with Crippen LogP contribution in [0.2, 0.25) is 5.02 Å². The van der Waals surface area contributed by atoms with Gasteiger partial charge < -0.3 is 0 Å². The summed E-state index contributed by atoms with van der Waals surface area (Å²) in [6.07, 6.45) is 4.39. The molecule has 120 valence electrons. The quantitative estimate of drug-likeness (QED) is 0.607. The molecule has 0 spiro atoms. The average Bonchev–Trinajstić information content (AvgIpc) is 3.00. The summed E-state index contributed by atoms with van der Waals surface area (Å²) in [5, 5.41) is 9.08. The molecule has 0 fully saturated rings. The molecule has 0 unspecified atom stereocenters. The first-order valence-corrected chi connectivity index (χ1v) is 8.77. The Hall–Kier alpha value is -2.71. The number of halogens is 1. The van der Waals surface area contributed by atoms with Crippen molar-refractivity contribution in [2.45, 2.75) is 4.90 Å². The highest BCUT2D eigenvalue weighted by Crippen LogP contribution is 2.26. The molecule has 0 aliphatic carbocycles. The Morgan fingerprint density at radius 1 is 1.08 bits per heavy atom. The van der Waals surface area contributed by atoms with Crippen molar-refractivity contribution in [3.8, 4) is 0 Å². The van der Waals surface area contributed by atoms with Crippen LogP contribution in [0.3, 0.4) is 0 Å². The highest BCUT2D eigenvalue weighted by atomic mass is 35.5. The number of aromatic nitrogens is 4. The lowest BCUT2D eigenvalue weighted by Crippen LogP contribution is -2.12. The molecule has 0 aliphatic rings. The number of rotatable bonds is 3. The predicted molar refractivity (Wildman–Crippen MR) is 90.5 cm³/mol. The average molecular weight is 360 g/mol. The van der Waals surface area contributed by atoms with Crippen LogP contribution in [0, 0.1) is 0 Å². The van der Waals surface area contributed by atoms with Gasteiger partial charge in [-0.3, -0.25) is 9.71 Å². The van der Waals surface area contributed by atoms with Crippen molar-refractivity contribution in [2.24, 2.45) is 0 Å². The van der Waals surface area contributed by atoms with Gasteiger partial charge in [0.1, 0.15) is 10.4 Å². The lowest BCUT2D eigenvalue weighted by atomic mass is 10.2. The molecule has 0 atom stereocenters. The Kier molecular flexibility index (Phi) is 3.36. The van der Waals surface area contributed by atoms with E-state index in [1.165, 1.54) is 17.0 Å². The van der Waals surface area contributed by atoms with Crippen molar-refractivity contribution >= 4 is 43.7 Å². The van der Waals surface area contributed by atoms with Crippen molar-refractivity contribution in [3.63, 3.8) is 0 Å². The minimum absolute atomic E-state index is 0.0491. The van der Waals surface area contributed by atoms with Crippen LogP contribution in [0.1, 0.15) is 0 Å². The second-order valence-electron chi connectivity index (χ2n) is 5.04. The number of hydrogen-bond acceptors (Lipinski definition) is 5. The van der Waals surface area contributed by atoms with E-state index in [-0.39, 0.29) is 4.90 Å². The van der Waals surface area contributed by atoms with Crippen LogP contribution < -0.4 is 4.72 Å². The highest BCUT2D eigenvalue weighted by molar-refractivity contribution is 7.93. The zero-order valence-electron chi connectivity index (χ0n) is 12.1. The number of anilines is 1. The number of nitrogens with one attached hydrogen (secondary N) is 1. The maximum absolute atomic E-state index is 12.7. The van der Waals surface area contributed by atoms with Gasteiger partial charge in [0.05, 0.1) is 16.7 Å². The molecule has 0 bridgehead atoms. The summed E-state index contributed by atoms with van der Waals surface area (Å²) in [6.45, 7) is 0. The van der Waals surface area contributed by atoms with Crippen molar-refractivity contribution in [2.75, 3.05) is 4.72 Å². The van der Waals surface area contributed by atoms with E-state index in [1.54, 1.807) is 42.6 Å². The van der Waals surface area contributed by atoms with Crippen LogP contribution in [0.5, 0.6) is 0 Å². The van der Waals surface area contributed by atoms with E-state index >= 15 is 0 Å². The molecule has 4 aromatic rings. The number of hydrogen-bond donors (Lipinski definition) is 1. The fourth-order valence-electron chi connectivity index (χ4n) is 2.40. The van der Waals surface area contributed by atoms with Crippen molar-refractivity contribution in [1.82, 2.24) is 19.8 Å². The van der Waals surface area contributed by atoms with Gasteiger partial charge in [0.15, 0.2) is 0 Å². The Morgan fingerprint density at radius 2 is 1.96 bits per heavy atom. The third kappa shape index (κ3) is 2.45. The summed E-state index contributed by atoms with van der Waals surface area (Å²) in [5.41, 5.74) is 1.47. The van der Waals surface area contributed by atoms with E-state index in [0.29, 0.717) is 27.1 Å². The van der Waals surface area contributed by atoms with Gasteiger partial charge in [-0.25, -0.2) is 8.42 Å². The first-order chi connectivity index (χ1) is 11.5. The lowest BCUT2D eigenvalue weighted by molar-refractivity contribution is 0.602. The molecular formula is C15H10ClN5O2S. The molecule has 0 aliphatic heterocycles. The fourth-order valence-corrected chi connectivity index (χ4v) is 3.77. The lowest BCUT2D eigenvalue weighted by Gasteiger charge is -2.08. The Labute approximate surface area is 141 Å². The minimum Gasteiger partial charge on any atom is -0.279 e. The molecule has 9 heteroatoms. The molecule has 24 heavy (non-hydrogen) atoms. The zero-order chi connectivity index (χ0) is 16.7. The monoisotopic (exact) mass is 359 g/mol. The smallest absolute Gasteiger partial charge is 0.265 e. The molecule has 1 aromatic carbocycles. The molecule has 3 aromatic heterocycles. The largest absolute Gasteiger partial charge is 0.279 e. The number of pyridine rings is 1. The van der Waals surface area contributed by atoms with E-state index in [9.17, 15) is 8.42 Å². The minimum atomic E-state index is -3.81. The SMILES string of the molecule is O=S(=O)(Nc1ccc2nccc(Cl)c2c1)c1cnn2ncccc12. The van der Waals surface area contributed by atoms with Crippen molar-refractivity contribution < 1.29 is 8.42 Å². The van der Waals surface area contributed by atoms with Crippen LogP contribution in [-0.4, -0.2) is 28.2 Å². The first kappa shape index (κ1) is 14.9. The van der Waals surface area contributed by atoms with E-state index in [4.69, 9.17) is 11.6 Å². The third-order valence-corrected chi connectivity index (χ3v) is 5.23. The summed E-state index contributed by atoms with van der Waals surface area (Å²) in [7, 11) is -3.81. The van der Waals surface area contributed by atoms with Gasteiger partial charge in [0.2, 0.25) is 0 Å². The van der Waals surface area contributed by atoms with E-state index in [2.05, 4.69) is 19.9 Å². The summed E-state index contributed by atoms with van der Waals surface area (Å²) < 4.78 is 29.1. The zero-order valence-corrected chi connectivity index (χ0v) is 13.7. The number of sulfonamides is 1. The van der Waals surface area contributed by atoms with Crippen LogP contribution in [0.4, 0.5) is 5.69 Å². The normalized spacial score (nSPS) is 11.9. The Morgan fingerprint density at radius 3 is 2.83 bits per heavy atom. The van der Waals surface area contributed by atoms with Gasteiger partial charge in [-0.1, -0.05) is 11.6 Å². The summed E-state index contributed by atoms with van der Waals surface area (Å²) in [6, 6.07) is 9.92. The fraction of sp³-hybridized carbons (Fsp3) is 0. The third-order valence-electron chi connectivity index (χ3n) is 3.50. The van der Waals surface area contributed by atoms with E-state index in [1.807, 2.05) is 0 Å². The summed E-state index contributed by atoms with van der Waals surface area (Å²) in [5.74, 6) is 0.